The predicted octanol–water partition coefficient (Wildman–Crippen LogP) is 3.45. The van der Waals surface area contributed by atoms with Crippen molar-refractivity contribution in [1.82, 2.24) is 5.32 Å². The lowest BCUT2D eigenvalue weighted by molar-refractivity contribution is -0.0486. The second-order valence-corrected chi connectivity index (χ2v) is 7.02. The fourth-order valence-corrected chi connectivity index (χ4v) is 4.08. The molecular weight excluding hydrogens is 246 g/mol. The molecule has 1 unspecified atom stereocenters. The summed E-state index contributed by atoms with van der Waals surface area (Å²) in [6, 6.07) is 8.74. The average molecular weight is 273 g/mol. The van der Waals surface area contributed by atoms with Crippen LogP contribution in [0.4, 0.5) is 0 Å². The van der Waals surface area contributed by atoms with Crippen LogP contribution in [-0.2, 0) is 6.42 Å². The molecular formula is C18H27NO. The molecule has 3 rings (SSSR count). The molecule has 1 aromatic rings. The molecule has 1 saturated carbocycles. The average Bonchev–Trinajstić information content (AvgIpc) is 2.47. The van der Waals surface area contributed by atoms with Gasteiger partial charge in [0.2, 0.25) is 0 Å². The van der Waals surface area contributed by atoms with Gasteiger partial charge in [0.1, 0.15) is 0 Å². The van der Waals surface area contributed by atoms with Gasteiger partial charge in [-0.1, -0.05) is 38.1 Å². The molecule has 0 amide bonds. The number of hydrogen-bond donors (Lipinski definition) is 2. The van der Waals surface area contributed by atoms with Gasteiger partial charge >= 0.3 is 0 Å². The topological polar surface area (TPSA) is 32.3 Å². The lowest BCUT2D eigenvalue weighted by atomic mass is 9.69. The SMILES string of the molecule is CC(C)C1CCC(O)(C2NCCc3ccccc32)CC1. The first-order chi connectivity index (χ1) is 9.60. The van der Waals surface area contributed by atoms with Gasteiger partial charge < -0.3 is 10.4 Å². The lowest BCUT2D eigenvalue weighted by Gasteiger charge is -2.45. The van der Waals surface area contributed by atoms with Gasteiger partial charge in [0.25, 0.3) is 0 Å². The van der Waals surface area contributed by atoms with Crippen LogP contribution in [0, 0.1) is 11.8 Å². The third-order valence-corrected chi connectivity index (χ3v) is 5.49. The third-order valence-electron chi connectivity index (χ3n) is 5.49. The van der Waals surface area contributed by atoms with Gasteiger partial charge in [0.05, 0.1) is 11.6 Å². The summed E-state index contributed by atoms with van der Waals surface area (Å²) in [5.41, 5.74) is 2.18. The fraction of sp³-hybridized carbons (Fsp3) is 0.667. The molecule has 20 heavy (non-hydrogen) atoms. The van der Waals surface area contributed by atoms with Crippen LogP contribution >= 0.6 is 0 Å². The normalized spacial score (nSPS) is 34.0. The van der Waals surface area contributed by atoms with Crippen LogP contribution in [0.25, 0.3) is 0 Å². The molecule has 1 heterocycles. The van der Waals surface area contributed by atoms with Crippen LogP contribution in [0.5, 0.6) is 0 Å². The Kier molecular flexibility index (Phi) is 3.87. The summed E-state index contributed by atoms with van der Waals surface area (Å²) in [5.74, 6) is 1.53. The van der Waals surface area contributed by atoms with Crippen LogP contribution in [0.1, 0.15) is 56.7 Å². The zero-order valence-corrected chi connectivity index (χ0v) is 12.7. The van der Waals surface area contributed by atoms with E-state index in [4.69, 9.17) is 0 Å². The molecule has 110 valence electrons. The number of benzene rings is 1. The minimum absolute atomic E-state index is 0.126. The number of aliphatic hydroxyl groups is 1. The van der Waals surface area contributed by atoms with E-state index in [0.717, 1.165) is 50.5 Å². The number of fused-ring (bicyclic) bond motifs is 1. The molecule has 1 fully saturated rings. The summed E-state index contributed by atoms with van der Waals surface area (Å²) >= 11 is 0. The monoisotopic (exact) mass is 273 g/mol. The summed E-state index contributed by atoms with van der Waals surface area (Å²) in [6.07, 6.45) is 5.27. The third kappa shape index (κ3) is 2.51. The molecule has 1 aliphatic heterocycles. The largest absolute Gasteiger partial charge is 0.388 e. The maximum atomic E-state index is 11.2. The van der Waals surface area contributed by atoms with Crippen molar-refractivity contribution >= 4 is 0 Å². The smallest absolute Gasteiger partial charge is 0.0841 e. The Labute approximate surface area is 122 Å². The van der Waals surface area contributed by atoms with E-state index >= 15 is 0 Å². The number of rotatable bonds is 2. The van der Waals surface area contributed by atoms with Gasteiger partial charge in [-0.2, -0.15) is 0 Å². The summed E-state index contributed by atoms with van der Waals surface area (Å²) in [5, 5.41) is 14.8. The van der Waals surface area contributed by atoms with Crippen molar-refractivity contribution in [3.63, 3.8) is 0 Å². The van der Waals surface area contributed by atoms with Crippen LogP contribution in [0.2, 0.25) is 0 Å². The Morgan fingerprint density at radius 2 is 1.90 bits per heavy atom. The minimum atomic E-state index is -0.554. The van der Waals surface area contributed by atoms with Crippen LogP contribution in [-0.4, -0.2) is 17.3 Å². The van der Waals surface area contributed by atoms with E-state index in [0.29, 0.717) is 0 Å². The highest BCUT2D eigenvalue weighted by atomic mass is 16.3. The minimum Gasteiger partial charge on any atom is -0.388 e. The summed E-state index contributed by atoms with van der Waals surface area (Å²) < 4.78 is 0. The van der Waals surface area contributed by atoms with Crippen molar-refractivity contribution in [2.45, 2.75) is 57.6 Å². The van der Waals surface area contributed by atoms with E-state index in [1.165, 1.54) is 11.1 Å². The van der Waals surface area contributed by atoms with Gasteiger partial charge in [-0.15, -0.1) is 0 Å². The second kappa shape index (κ2) is 5.50. The molecule has 2 aliphatic rings. The molecule has 0 spiro atoms. The molecule has 1 aliphatic carbocycles. The van der Waals surface area contributed by atoms with Gasteiger partial charge in [0.15, 0.2) is 0 Å². The maximum absolute atomic E-state index is 11.2. The Morgan fingerprint density at radius 1 is 1.20 bits per heavy atom. The Balaban J connectivity index is 1.80. The summed E-state index contributed by atoms with van der Waals surface area (Å²) in [7, 11) is 0. The van der Waals surface area contributed by atoms with Crippen molar-refractivity contribution in [1.29, 1.82) is 0 Å². The summed E-state index contributed by atoms with van der Waals surface area (Å²) in [6.45, 7) is 5.60. The first-order valence-electron chi connectivity index (χ1n) is 8.14. The van der Waals surface area contributed by atoms with Crippen molar-refractivity contribution in [2.75, 3.05) is 6.54 Å². The van der Waals surface area contributed by atoms with Crippen LogP contribution in [0.15, 0.2) is 24.3 Å². The van der Waals surface area contributed by atoms with E-state index < -0.39 is 5.60 Å². The molecule has 0 bridgehead atoms. The van der Waals surface area contributed by atoms with E-state index in [9.17, 15) is 5.11 Å². The lowest BCUT2D eigenvalue weighted by Crippen LogP contribution is -2.49. The van der Waals surface area contributed by atoms with Gasteiger partial charge in [-0.25, -0.2) is 0 Å². The highest BCUT2D eigenvalue weighted by Crippen LogP contribution is 2.43. The molecule has 2 nitrogen and oxygen atoms in total. The number of nitrogens with one attached hydrogen (secondary N) is 1. The highest BCUT2D eigenvalue weighted by Gasteiger charge is 2.42. The zero-order chi connectivity index (χ0) is 14.2. The van der Waals surface area contributed by atoms with Crippen molar-refractivity contribution < 1.29 is 5.11 Å². The van der Waals surface area contributed by atoms with Gasteiger partial charge in [0, 0.05) is 0 Å². The van der Waals surface area contributed by atoms with E-state index in [-0.39, 0.29) is 6.04 Å². The van der Waals surface area contributed by atoms with Crippen LogP contribution < -0.4 is 5.32 Å². The molecule has 0 saturated heterocycles. The van der Waals surface area contributed by atoms with Crippen molar-refractivity contribution in [2.24, 2.45) is 11.8 Å². The molecule has 0 radical (unpaired) electrons. The fourth-order valence-electron chi connectivity index (χ4n) is 4.08. The zero-order valence-electron chi connectivity index (χ0n) is 12.7. The number of hydrogen-bond acceptors (Lipinski definition) is 2. The summed E-state index contributed by atoms with van der Waals surface area (Å²) in [4.78, 5) is 0. The van der Waals surface area contributed by atoms with Crippen LogP contribution in [0.3, 0.4) is 0 Å². The molecule has 1 aromatic carbocycles. The van der Waals surface area contributed by atoms with E-state index in [1.807, 2.05) is 0 Å². The molecule has 1 atom stereocenters. The standard InChI is InChI=1S/C18H27NO/c1-13(2)14-7-10-18(20,11-8-14)17-16-6-4-3-5-15(16)9-12-19-17/h3-6,13-14,17,19-20H,7-12H2,1-2H3. The first-order valence-corrected chi connectivity index (χ1v) is 8.14. The van der Waals surface area contributed by atoms with Gasteiger partial charge in [-0.3, -0.25) is 0 Å². The molecule has 0 aromatic heterocycles. The second-order valence-electron chi connectivity index (χ2n) is 7.02. The quantitative estimate of drug-likeness (QED) is 0.865. The molecule has 2 heteroatoms. The van der Waals surface area contributed by atoms with Crippen molar-refractivity contribution in [3.05, 3.63) is 35.4 Å². The van der Waals surface area contributed by atoms with Crippen molar-refractivity contribution in [3.8, 4) is 0 Å². The predicted molar refractivity (Wildman–Crippen MR) is 82.6 cm³/mol. The Morgan fingerprint density at radius 3 is 2.60 bits per heavy atom. The van der Waals surface area contributed by atoms with E-state index in [2.05, 4.69) is 43.4 Å². The maximum Gasteiger partial charge on any atom is 0.0841 e. The Bertz CT molecular complexity index is 460. The first kappa shape index (κ1) is 14.1. The Hall–Kier alpha value is -0.860. The van der Waals surface area contributed by atoms with Gasteiger partial charge in [-0.05, 0) is 61.6 Å². The molecule has 2 N–H and O–H groups in total. The highest BCUT2D eigenvalue weighted by molar-refractivity contribution is 5.34. The van der Waals surface area contributed by atoms with E-state index in [1.54, 1.807) is 0 Å².